The van der Waals surface area contributed by atoms with E-state index in [1.807, 2.05) is 25.9 Å². The molecule has 0 saturated heterocycles. The first kappa shape index (κ1) is 16.0. The molecule has 0 bridgehead atoms. The summed E-state index contributed by atoms with van der Waals surface area (Å²) in [5.41, 5.74) is 0.00389. The number of rotatable bonds is 7. The SMILES string of the molecule is CCC(NCCN(C)C)C(O)c1cc(F)ccc1F. The first-order valence-electron chi connectivity index (χ1n) is 6.46. The molecule has 108 valence electrons. The normalized spacial score (nSPS) is 14.7. The zero-order chi connectivity index (χ0) is 14.4. The van der Waals surface area contributed by atoms with Crippen LogP contribution in [0.4, 0.5) is 8.78 Å². The number of aliphatic hydroxyl groups excluding tert-OH is 1. The molecule has 0 aliphatic rings. The zero-order valence-electron chi connectivity index (χ0n) is 11.7. The molecule has 1 aromatic rings. The minimum atomic E-state index is -1.05. The quantitative estimate of drug-likeness (QED) is 0.796. The van der Waals surface area contributed by atoms with Gasteiger partial charge in [-0.3, -0.25) is 0 Å². The molecule has 0 heterocycles. The van der Waals surface area contributed by atoms with Gasteiger partial charge in [0.05, 0.1) is 6.10 Å². The van der Waals surface area contributed by atoms with Crippen LogP contribution in [0.3, 0.4) is 0 Å². The predicted molar refractivity (Wildman–Crippen MR) is 72.0 cm³/mol. The van der Waals surface area contributed by atoms with Gasteiger partial charge in [0, 0.05) is 24.7 Å². The van der Waals surface area contributed by atoms with Crippen molar-refractivity contribution in [3.8, 4) is 0 Å². The molecule has 1 rings (SSSR count). The molecule has 1 aromatic carbocycles. The Bertz CT molecular complexity index is 399. The number of hydrogen-bond donors (Lipinski definition) is 2. The average Bonchev–Trinajstić information content (AvgIpc) is 2.36. The van der Waals surface area contributed by atoms with Gasteiger partial charge in [-0.15, -0.1) is 0 Å². The standard InChI is InChI=1S/C14H22F2N2O/c1-4-13(17-7-8-18(2)3)14(19)11-9-10(15)5-6-12(11)16/h5-6,9,13-14,17,19H,4,7-8H2,1-3H3. The minimum Gasteiger partial charge on any atom is -0.387 e. The molecule has 0 fully saturated rings. The van der Waals surface area contributed by atoms with E-state index >= 15 is 0 Å². The van der Waals surface area contributed by atoms with Crippen molar-refractivity contribution in [2.24, 2.45) is 0 Å². The van der Waals surface area contributed by atoms with E-state index < -0.39 is 17.7 Å². The van der Waals surface area contributed by atoms with Gasteiger partial charge >= 0.3 is 0 Å². The maximum Gasteiger partial charge on any atom is 0.129 e. The van der Waals surface area contributed by atoms with Gasteiger partial charge in [0.1, 0.15) is 11.6 Å². The van der Waals surface area contributed by atoms with Crippen molar-refractivity contribution in [3.63, 3.8) is 0 Å². The van der Waals surface area contributed by atoms with E-state index in [0.29, 0.717) is 13.0 Å². The minimum absolute atomic E-state index is 0.00389. The van der Waals surface area contributed by atoms with Gasteiger partial charge in [-0.1, -0.05) is 6.92 Å². The molecule has 3 nitrogen and oxygen atoms in total. The van der Waals surface area contributed by atoms with Crippen molar-refractivity contribution in [3.05, 3.63) is 35.4 Å². The lowest BCUT2D eigenvalue weighted by Crippen LogP contribution is -2.38. The molecular weight excluding hydrogens is 250 g/mol. The Morgan fingerprint density at radius 2 is 2.00 bits per heavy atom. The highest BCUT2D eigenvalue weighted by atomic mass is 19.1. The van der Waals surface area contributed by atoms with E-state index in [2.05, 4.69) is 5.32 Å². The highest BCUT2D eigenvalue weighted by Gasteiger charge is 2.22. The molecule has 0 amide bonds. The fraction of sp³-hybridized carbons (Fsp3) is 0.571. The number of hydrogen-bond acceptors (Lipinski definition) is 3. The maximum atomic E-state index is 13.6. The Kier molecular flexibility index (Phi) is 6.34. The van der Waals surface area contributed by atoms with Gasteiger partial charge in [-0.25, -0.2) is 8.78 Å². The molecule has 0 saturated carbocycles. The highest BCUT2D eigenvalue weighted by Crippen LogP contribution is 2.22. The molecule has 0 spiro atoms. The van der Waals surface area contributed by atoms with Gasteiger partial charge in [0.2, 0.25) is 0 Å². The third kappa shape index (κ3) is 4.86. The van der Waals surface area contributed by atoms with E-state index in [9.17, 15) is 13.9 Å². The molecule has 5 heteroatoms. The first-order chi connectivity index (χ1) is 8.95. The Labute approximate surface area is 113 Å². The molecule has 0 aliphatic heterocycles. The summed E-state index contributed by atoms with van der Waals surface area (Å²) >= 11 is 0. The predicted octanol–water partition coefficient (Wildman–Crippen LogP) is 1.93. The van der Waals surface area contributed by atoms with Crippen LogP contribution in [0.2, 0.25) is 0 Å². The molecule has 2 unspecified atom stereocenters. The molecule has 0 aliphatic carbocycles. The molecule has 0 radical (unpaired) electrons. The molecule has 0 aromatic heterocycles. The molecule has 2 N–H and O–H groups in total. The smallest absolute Gasteiger partial charge is 0.129 e. The third-order valence-corrected chi connectivity index (χ3v) is 3.06. The van der Waals surface area contributed by atoms with Crippen LogP contribution >= 0.6 is 0 Å². The van der Waals surface area contributed by atoms with Gasteiger partial charge in [0.25, 0.3) is 0 Å². The van der Waals surface area contributed by atoms with Crippen molar-refractivity contribution in [2.45, 2.75) is 25.5 Å². The Balaban J connectivity index is 2.71. The topological polar surface area (TPSA) is 35.5 Å². The fourth-order valence-corrected chi connectivity index (χ4v) is 1.91. The molecular formula is C14H22F2N2O. The number of halogens is 2. The van der Waals surface area contributed by atoms with Gasteiger partial charge in [0.15, 0.2) is 0 Å². The van der Waals surface area contributed by atoms with E-state index in [-0.39, 0.29) is 11.6 Å². The summed E-state index contributed by atoms with van der Waals surface area (Å²) in [5.74, 6) is -1.12. The number of likely N-dealkylation sites (N-methyl/N-ethyl adjacent to an activating group) is 1. The largest absolute Gasteiger partial charge is 0.387 e. The van der Waals surface area contributed by atoms with E-state index in [1.165, 1.54) is 0 Å². The second-order valence-electron chi connectivity index (χ2n) is 4.88. The third-order valence-electron chi connectivity index (χ3n) is 3.06. The van der Waals surface area contributed by atoms with Crippen molar-refractivity contribution in [1.82, 2.24) is 10.2 Å². The van der Waals surface area contributed by atoms with Gasteiger partial charge in [-0.2, -0.15) is 0 Å². The summed E-state index contributed by atoms with van der Waals surface area (Å²) in [4.78, 5) is 2.01. The van der Waals surface area contributed by atoms with Gasteiger partial charge in [-0.05, 0) is 38.7 Å². The maximum absolute atomic E-state index is 13.6. The van der Waals surface area contributed by atoms with E-state index in [4.69, 9.17) is 0 Å². The van der Waals surface area contributed by atoms with E-state index in [1.54, 1.807) is 0 Å². The van der Waals surface area contributed by atoms with Crippen molar-refractivity contribution < 1.29 is 13.9 Å². The number of nitrogens with one attached hydrogen (secondary N) is 1. The van der Waals surface area contributed by atoms with Crippen LogP contribution in [-0.4, -0.2) is 43.2 Å². The second kappa shape index (κ2) is 7.53. The van der Waals surface area contributed by atoms with Gasteiger partial charge < -0.3 is 15.3 Å². The first-order valence-corrected chi connectivity index (χ1v) is 6.46. The average molecular weight is 272 g/mol. The Morgan fingerprint density at radius 1 is 1.32 bits per heavy atom. The second-order valence-corrected chi connectivity index (χ2v) is 4.88. The van der Waals surface area contributed by atoms with Crippen LogP contribution in [0.15, 0.2) is 18.2 Å². The summed E-state index contributed by atoms with van der Waals surface area (Å²) in [6.07, 6.45) is -0.423. The lowest BCUT2D eigenvalue weighted by atomic mass is 9.99. The summed E-state index contributed by atoms with van der Waals surface area (Å²) in [7, 11) is 3.90. The van der Waals surface area contributed by atoms with Crippen LogP contribution in [0.5, 0.6) is 0 Å². The number of benzene rings is 1. The molecule has 19 heavy (non-hydrogen) atoms. The number of aliphatic hydroxyl groups is 1. The van der Waals surface area contributed by atoms with Crippen LogP contribution in [0, 0.1) is 11.6 Å². The summed E-state index contributed by atoms with van der Waals surface area (Å²) < 4.78 is 26.7. The Hall–Kier alpha value is -1.04. The van der Waals surface area contributed by atoms with E-state index in [0.717, 1.165) is 24.7 Å². The van der Waals surface area contributed by atoms with Crippen LogP contribution in [0.1, 0.15) is 25.0 Å². The summed E-state index contributed by atoms with van der Waals surface area (Å²) in [5, 5.41) is 13.3. The molecule has 2 atom stereocenters. The zero-order valence-corrected chi connectivity index (χ0v) is 11.7. The highest BCUT2D eigenvalue weighted by molar-refractivity contribution is 5.22. The van der Waals surface area contributed by atoms with Crippen LogP contribution in [0.25, 0.3) is 0 Å². The Morgan fingerprint density at radius 3 is 2.58 bits per heavy atom. The summed E-state index contributed by atoms with van der Waals surface area (Å²) in [6, 6.07) is 2.85. The fourth-order valence-electron chi connectivity index (χ4n) is 1.91. The van der Waals surface area contributed by atoms with Crippen molar-refractivity contribution in [1.29, 1.82) is 0 Å². The van der Waals surface area contributed by atoms with Crippen LogP contribution in [-0.2, 0) is 0 Å². The van der Waals surface area contributed by atoms with Crippen molar-refractivity contribution in [2.75, 3.05) is 27.2 Å². The summed E-state index contributed by atoms with van der Waals surface area (Å²) in [6.45, 7) is 3.39. The van der Waals surface area contributed by atoms with Crippen LogP contribution < -0.4 is 5.32 Å². The monoisotopic (exact) mass is 272 g/mol. The van der Waals surface area contributed by atoms with Crippen molar-refractivity contribution >= 4 is 0 Å². The lowest BCUT2D eigenvalue weighted by molar-refractivity contribution is 0.120. The lowest BCUT2D eigenvalue weighted by Gasteiger charge is -2.24. The number of nitrogens with zero attached hydrogens (tertiary/aromatic N) is 1.